The van der Waals surface area contributed by atoms with Gasteiger partial charge in [-0.1, -0.05) is 13.8 Å². The molecule has 0 spiro atoms. The van der Waals surface area contributed by atoms with Crippen LogP contribution in [0.3, 0.4) is 0 Å². The Morgan fingerprint density at radius 2 is 0.933 bits per heavy atom. The minimum absolute atomic E-state index is 0.00474. The van der Waals surface area contributed by atoms with Gasteiger partial charge in [0.2, 0.25) is 0 Å². The van der Waals surface area contributed by atoms with Crippen LogP contribution >= 0.6 is 0 Å². The van der Waals surface area contributed by atoms with E-state index in [1.165, 1.54) is 11.8 Å². The molecular formula is C17H31N3O10. The zero-order valence-electron chi connectivity index (χ0n) is 17.4. The first-order valence-electron chi connectivity index (χ1n) is 9.21. The van der Waals surface area contributed by atoms with Crippen LogP contribution in [0.25, 0.3) is 0 Å². The van der Waals surface area contributed by atoms with E-state index in [-0.39, 0.29) is 26.2 Å². The van der Waals surface area contributed by atoms with Crippen molar-refractivity contribution in [3.63, 3.8) is 0 Å². The summed E-state index contributed by atoms with van der Waals surface area (Å²) in [5.74, 6) is -6.16. The number of nitrogens with zero attached hydrogens (tertiary/aromatic N) is 3. The minimum Gasteiger partial charge on any atom is -0.480 e. The summed E-state index contributed by atoms with van der Waals surface area (Å²) in [6, 6.07) is -1.11. The standard InChI is InChI=1S/C15H25N3O10.C2H6/c1-10(15(27)28)18(9-14(25)26)5-4-16(6-11(19)20)2-3-17(7-12(21)22)8-13(23)24;1-2/h10H,2-9H2,1H3,(H,19,20)(H,21,22)(H,23,24)(H,25,26)(H,27,28);1-2H3. The van der Waals surface area contributed by atoms with Crippen molar-refractivity contribution in [3.05, 3.63) is 0 Å². The summed E-state index contributed by atoms with van der Waals surface area (Å²) in [5.41, 5.74) is 0. The van der Waals surface area contributed by atoms with Crippen LogP contribution in [0.5, 0.6) is 0 Å². The first kappa shape index (κ1) is 29.4. The molecule has 0 aliphatic rings. The number of hydrogen-bond acceptors (Lipinski definition) is 8. The number of rotatable bonds is 16. The van der Waals surface area contributed by atoms with Gasteiger partial charge >= 0.3 is 29.8 Å². The molecule has 0 aromatic carbocycles. The highest BCUT2D eigenvalue weighted by molar-refractivity contribution is 5.75. The van der Waals surface area contributed by atoms with Crippen molar-refractivity contribution in [1.29, 1.82) is 0 Å². The molecule has 0 aliphatic heterocycles. The third-order valence-corrected chi connectivity index (χ3v) is 3.76. The second-order valence-corrected chi connectivity index (χ2v) is 6.05. The second-order valence-electron chi connectivity index (χ2n) is 6.05. The van der Waals surface area contributed by atoms with Crippen LogP contribution in [0.4, 0.5) is 0 Å². The molecule has 0 aromatic heterocycles. The molecule has 0 fully saturated rings. The molecule has 0 bridgehead atoms. The Balaban J connectivity index is 0. The second kappa shape index (κ2) is 16.1. The normalized spacial score (nSPS) is 11.7. The molecule has 174 valence electrons. The summed E-state index contributed by atoms with van der Waals surface area (Å²) in [7, 11) is 0. The smallest absolute Gasteiger partial charge is 0.320 e. The largest absolute Gasteiger partial charge is 0.480 e. The highest BCUT2D eigenvalue weighted by atomic mass is 16.4. The van der Waals surface area contributed by atoms with Gasteiger partial charge in [0.05, 0.1) is 26.2 Å². The maximum atomic E-state index is 11.1. The molecule has 1 unspecified atom stereocenters. The lowest BCUT2D eigenvalue weighted by Crippen LogP contribution is -2.48. The molecule has 0 saturated heterocycles. The Morgan fingerprint density at radius 3 is 1.30 bits per heavy atom. The van der Waals surface area contributed by atoms with E-state index in [9.17, 15) is 24.0 Å². The Morgan fingerprint density at radius 1 is 0.600 bits per heavy atom. The Bertz CT molecular complexity index is 568. The van der Waals surface area contributed by atoms with Gasteiger partial charge in [0.25, 0.3) is 0 Å². The minimum atomic E-state index is -1.24. The molecule has 0 saturated carbocycles. The van der Waals surface area contributed by atoms with Gasteiger partial charge in [-0.3, -0.25) is 38.7 Å². The van der Waals surface area contributed by atoms with Crippen LogP contribution < -0.4 is 0 Å². The Labute approximate surface area is 174 Å². The molecule has 0 radical (unpaired) electrons. The van der Waals surface area contributed by atoms with Crippen molar-refractivity contribution in [2.45, 2.75) is 26.8 Å². The topological polar surface area (TPSA) is 196 Å². The fourth-order valence-corrected chi connectivity index (χ4v) is 2.35. The van der Waals surface area contributed by atoms with Crippen molar-refractivity contribution in [3.8, 4) is 0 Å². The predicted octanol–water partition coefficient (Wildman–Crippen LogP) is -1.27. The molecule has 0 aliphatic carbocycles. The van der Waals surface area contributed by atoms with Gasteiger partial charge in [-0.2, -0.15) is 0 Å². The van der Waals surface area contributed by atoms with E-state index in [4.69, 9.17) is 25.5 Å². The van der Waals surface area contributed by atoms with Crippen LogP contribution in [0, 0.1) is 0 Å². The van der Waals surface area contributed by atoms with E-state index in [1.807, 2.05) is 13.8 Å². The molecule has 1 atom stereocenters. The summed E-state index contributed by atoms with van der Waals surface area (Å²) >= 11 is 0. The van der Waals surface area contributed by atoms with E-state index in [1.54, 1.807) is 0 Å². The van der Waals surface area contributed by atoms with Gasteiger partial charge in [-0.25, -0.2) is 0 Å². The maximum absolute atomic E-state index is 11.1. The quantitative estimate of drug-likeness (QED) is 0.192. The fraction of sp³-hybridized carbons (Fsp3) is 0.706. The van der Waals surface area contributed by atoms with Crippen molar-refractivity contribution < 1.29 is 49.5 Å². The number of aliphatic carboxylic acids is 5. The van der Waals surface area contributed by atoms with Gasteiger partial charge in [-0.15, -0.1) is 0 Å². The summed E-state index contributed by atoms with van der Waals surface area (Å²) in [6.07, 6.45) is 0. The molecule has 0 aromatic rings. The summed E-state index contributed by atoms with van der Waals surface area (Å²) < 4.78 is 0. The first-order valence-corrected chi connectivity index (χ1v) is 9.21. The molecule has 5 N–H and O–H groups in total. The Hall–Kier alpha value is -2.77. The molecule has 0 rings (SSSR count). The van der Waals surface area contributed by atoms with Crippen molar-refractivity contribution in [1.82, 2.24) is 14.7 Å². The third kappa shape index (κ3) is 15.2. The van der Waals surface area contributed by atoms with Crippen LogP contribution in [-0.4, -0.2) is 128 Å². The van der Waals surface area contributed by atoms with E-state index in [0.717, 1.165) is 9.80 Å². The maximum Gasteiger partial charge on any atom is 0.320 e. The van der Waals surface area contributed by atoms with Gasteiger partial charge in [0.1, 0.15) is 6.04 Å². The average molecular weight is 437 g/mol. The SMILES string of the molecule is CC.CC(C(=O)O)N(CCN(CCN(CC(=O)O)CC(=O)O)CC(=O)O)CC(=O)O. The first-order chi connectivity index (χ1) is 13.9. The van der Waals surface area contributed by atoms with Gasteiger partial charge in [0.15, 0.2) is 0 Å². The number of hydrogen-bond donors (Lipinski definition) is 5. The van der Waals surface area contributed by atoms with Crippen LogP contribution in [-0.2, 0) is 24.0 Å². The average Bonchev–Trinajstić information content (AvgIpc) is 2.61. The molecule has 0 heterocycles. The monoisotopic (exact) mass is 437 g/mol. The zero-order chi connectivity index (χ0) is 23.9. The lowest BCUT2D eigenvalue weighted by atomic mass is 10.2. The van der Waals surface area contributed by atoms with Crippen LogP contribution in [0.1, 0.15) is 20.8 Å². The summed E-state index contributed by atoms with van der Waals surface area (Å²) in [5, 5.41) is 44.6. The summed E-state index contributed by atoms with van der Waals surface area (Å²) in [4.78, 5) is 58.3. The van der Waals surface area contributed by atoms with Crippen LogP contribution in [0.2, 0.25) is 0 Å². The fourth-order valence-electron chi connectivity index (χ4n) is 2.35. The molecule has 30 heavy (non-hydrogen) atoms. The van der Waals surface area contributed by atoms with Crippen molar-refractivity contribution in [2.75, 3.05) is 52.4 Å². The number of carboxylic acid groups (broad SMARTS) is 5. The van der Waals surface area contributed by atoms with Gasteiger partial charge in [-0.05, 0) is 6.92 Å². The number of carboxylic acids is 5. The van der Waals surface area contributed by atoms with E-state index in [2.05, 4.69) is 0 Å². The van der Waals surface area contributed by atoms with Crippen molar-refractivity contribution in [2.24, 2.45) is 0 Å². The number of carbonyl (C=O) groups is 5. The Kier molecular flexibility index (Phi) is 15.8. The zero-order valence-corrected chi connectivity index (χ0v) is 17.4. The van der Waals surface area contributed by atoms with Gasteiger partial charge < -0.3 is 25.5 Å². The van der Waals surface area contributed by atoms with Crippen LogP contribution in [0.15, 0.2) is 0 Å². The lowest BCUT2D eigenvalue weighted by Gasteiger charge is -2.29. The highest BCUT2D eigenvalue weighted by Gasteiger charge is 2.24. The molecule has 13 nitrogen and oxygen atoms in total. The summed E-state index contributed by atoms with van der Waals surface area (Å²) in [6.45, 7) is 3.05. The lowest BCUT2D eigenvalue weighted by molar-refractivity contribution is -0.146. The van der Waals surface area contributed by atoms with E-state index in [0.29, 0.717) is 0 Å². The van der Waals surface area contributed by atoms with E-state index >= 15 is 0 Å². The molecule has 13 heteroatoms. The van der Waals surface area contributed by atoms with Crippen molar-refractivity contribution >= 4 is 29.8 Å². The third-order valence-electron chi connectivity index (χ3n) is 3.76. The van der Waals surface area contributed by atoms with E-state index < -0.39 is 62.1 Å². The highest BCUT2D eigenvalue weighted by Crippen LogP contribution is 2.02. The molecule has 0 amide bonds. The predicted molar refractivity (Wildman–Crippen MR) is 103 cm³/mol. The molecular weight excluding hydrogens is 406 g/mol. The van der Waals surface area contributed by atoms with Gasteiger partial charge in [0, 0.05) is 26.2 Å².